The van der Waals surface area contributed by atoms with Crippen molar-refractivity contribution in [1.29, 1.82) is 0 Å². The molecule has 4 aromatic carbocycles. The molecule has 0 aliphatic heterocycles. The number of nitrogens with zero attached hydrogens (tertiary/aromatic N) is 1. The fourth-order valence-electron chi connectivity index (χ4n) is 3.66. The topological polar surface area (TPSA) is 67.9 Å². The molecule has 0 aromatic heterocycles. The summed E-state index contributed by atoms with van der Waals surface area (Å²) in [6, 6.07) is 33.2. The van der Waals surface area contributed by atoms with E-state index in [1.807, 2.05) is 66.7 Å². The largest absolute Gasteiger partial charge is 0.490 e. The van der Waals surface area contributed by atoms with Crippen molar-refractivity contribution < 1.29 is 19.1 Å². The predicted octanol–water partition coefficient (Wildman–Crippen LogP) is 5.35. The molecule has 0 atom stereocenters. The SMILES string of the molecule is CN(C(=O)c1ccc(OCCOc2ccccc2)cc1)c1ccccc1C(=O)NCc1ccccc1. The van der Waals surface area contributed by atoms with E-state index in [9.17, 15) is 9.59 Å². The summed E-state index contributed by atoms with van der Waals surface area (Å²) in [5.41, 5.74) is 2.46. The van der Waals surface area contributed by atoms with Crippen LogP contribution in [0.3, 0.4) is 0 Å². The molecule has 0 heterocycles. The molecule has 6 nitrogen and oxygen atoms in total. The summed E-state index contributed by atoms with van der Waals surface area (Å²) in [6.07, 6.45) is 0. The summed E-state index contributed by atoms with van der Waals surface area (Å²) in [4.78, 5) is 27.5. The molecular formula is C30H28N2O4. The molecule has 4 rings (SSSR count). The Balaban J connectivity index is 1.35. The number of ether oxygens (including phenoxy) is 2. The molecule has 2 amide bonds. The van der Waals surface area contributed by atoms with Gasteiger partial charge in [-0.3, -0.25) is 9.59 Å². The van der Waals surface area contributed by atoms with Crippen LogP contribution in [-0.4, -0.2) is 32.1 Å². The molecule has 0 bridgehead atoms. The van der Waals surface area contributed by atoms with Gasteiger partial charge >= 0.3 is 0 Å². The van der Waals surface area contributed by atoms with Crippen molar-refractivity contribution in [2.75, 3.05) is 25.2 Å². The van der Waals surface area contributed by atoms with Gasteiger partial charge in [0.15, 0.2) is 0 Å². The van der Waals surface area contributed by atoms with Gasteiger partial charge in [-0.25, -0.2) is 0 Å². The van der Waals surface area contributed by atoms with Crippen molar-refractivity contribution in [3.8, 4) is 11.5 Å². The van der Waals surface area contributed by atoms with E-state index in [4.69, 9.17) is 9.47 Å². The van der Waals surface area contributed by atoms with Crippen LogP contribution in [-0.2, 0) is 6.54 Å². The number of anilines is 1. The van der Waals surface area contributed by atoms with Crippen LogP contribution in [0.15, 0.2) is 109 Å². The molecule has 6 heteroatoms. The number of benzene rings is 4. The third-order valence-corrected chi connectivity index (χ3v) is 5.58. The van der Waals surface area contributed by atoms with Gasteiger partial charge in [-0.15, -0.1) is 0 Å². The van der Waals surface area contributed by atoms with Crippen LogP contribution in [0, 0.1) is 0 Å². The van der Waals surface area contributed by atoms with Crippen LogP contribution < -0.4 is 19.7 Å². The maximum atomic E-state index is 13.2. The average molecular weight is 481 g/mol. The molecule has 1 N–H and O–H groups in total. The summed E-state index contributed by atoms with van der Waals surface area (Å²) in [6.45, 7) is 1.20. The Hall–Kier alpha value is -4.58. The van der Waals surface area contributed by atoms with Crippen LogP contribution >= 0.6 is 0 Å². The molecule has 0 unspecified atom stereocenters. The minimum atomic E-state index is -0.240. The summed E-state index contributed by atoms with van der Waals surface area (Å²) in [7, 11) is 1.66. The zero-order chi connectivity index (χ0) is 25.2. The van der Waals surface area contributed by atoms with E-state index in [0.29, 0.717) is 42.3 Å². The smallest absolute Gasteiger partial charge is 0.258 e. The lowest BCUT2D eigenvalue weighted by atomic mass is 10.1. The number of para-hydroxylation sites is 2. The molecule has 0 saturated carbocycles. The second kappa shape index (κ2) is 12.2. The lowest BCUT2D eigenvalue weighted by molar-refractivity contribution is 0.0951. The van der Waals surface area contributed by atoms with Crippen LogP contribution in [0.1, 0.15) is 26.3 Å². The second-order valence-electron chi connectivity index (χ2n) is 8.08. The van der Waals surface area contributed by atoms with Gasteiger partial charge in [0.1, 0.15) is 24.7 Å². The number of carbonyl (C=O) groups excluding carboxylic acids is 2. The third kappa shape index (κ3) is 6.51. The van der Waals surface area contributed by atoms with Crippen LogP contribution in [0.4, 0.5) is 5.69 Å². The molecular weight excluding hydrogens is 452 g/mol. The lowest BCUT2D eigenvalue weighted by Gasteiger charge is -2.21. The van der Waals surface area contributed by atoms with Gasteiger partial charge in [0.05, 0.1) is 11.3 Å². The zero-order valence-electron chi connectivity index (χ0n) is 20.1. The molecule has 0 aliphatic carbocycles. The Morgan fingerprint density at radius 2 is 1.25 bits per heavy atom. The number of carbonyl (C=O) groups is 2. The summed E-state index contributed by atoms with van der Waals surface area (Å²) in [5.74, 6) is 0.971. The van der Waals surface area contributed by atoms with Crippen molar-refractivity contribution in [1.82, 2.24) is 5.32 Å². The highest BCUT2D eigenvalue weighted by Crippen LogP contribution is 2.22. The molecule has 0 saturated heterocycles. The minimum Gasteiger partial charge on any atom is -0.490 e. The van der Waals surface area contributed by atoms with Crippen molar-refractivity contribution in [3.63, 3.8) is 0 Å². The fourth-order valence-corrected chi connectivity index (χ4v) is 3.66. The summed E-state index contributed by atoms with van der Waals surface area (Å²) < 4.78 is 11.3. The van der Waals surface area contributed by atoms with Gasteiger partial charge in [-0.1, -0.05) is 60.7 Å². The minimum absolute atomic E-state index is 0.225. The lowest BCUT2D eigenvalue weighted by Crippen LogP contribution is -2.30. The van der Waals surface area contributed by atoms with Crippen molar-refractivity contribution in [2.45, 2.75) is 6.54 Å². The number of amides is 2. The molecule has 0 spiro atoms. The Bertz CT molecular complexity index is 1280. The summed E-state index contributed by atoms with van der Waals surface area (Å²) >= 11 is 0. The summed E-state index contributed by atoms with van der Waals surface area (Å²) in [5, 5.41) is 2.93. The molecule has 182 valence electrons. The normalized spacial score (nSPS) is 10.4. The Morgan fingerprint density at radius 1 is 0.694 bits per heavy atom. The first-order chi connectivity index (χ1) is 17.6. The second-order valence-corrected chi connectivity index (χ2v) is 8.08. The number of hydrogen-bond donors (Lipinski definition) is 1. The van der Waals surface area contributed by atoms with Crippen LogP contribution in [0.25, 0.3) is 0 Å². The van der Waals surface area contributed by atoms with Crippen LogP contribution in [0.2, 0.25) is 0 Å². The van der Waals surface area contributed by atoms with E-state index >= 15 is 0 Å². The number of rotatable bonds is 10. The Labute approximate surface area is 211 Å². The molecule has 0 radical (unpaired) electrons. The molecule has 0 fully saturated rings. The monoisotopic (exact) mass is 480 g/mol. The van der Waals surface area contributed by atoms with Gasteiger partial charge in [0.2, 0.25) is 0 Å². The van der Waals surface area contributed by atoms with Gasteiger partial charge in [-0.2, -0.15) is 0 Å². The van der Waals surface area contributed by atoms with E-state index < -0.39 is 0 Å². The molecule has 36 heavy (non-hydrogen) atoms. The van der Waals surface area contributed by atoms with E-state index in [2.05, 4.69) is 5.32 Å². The van der Waals surface area contributed by atoms with Gasteiger partial charge in [0, 0.05) is 19.2 Å². The average Bonchev–Trinajstić information content (AvgIpc) is 2.94. The predicted molar refractivity (Wildman–Crippen MR) is 141 cm³/mol. The van der Waals surface area contributed by atoms with Crippen LogP contribution in [0.5, 0.6) is 11.5 Å². The van der Waals surface area contributed by atoms with E-state index in [1.54, 1.807) is 49.5 Å². The molecule has 0 aliphatic rings. The highest BCUT2D eigenvalue weighted by molar-refractivity contribution is 6.10. The molecule has 4 aromatic rings. The highest BCUT2D eigenvalue weighted by Gasteiger charge is 2.19. The number of hydrogen-bond acceptors (Lipinski definition) is 4. The first kappa shape index (κ1) is 24.5. The Morgan fingerprint density at radius 3 is 1.92 bits per heavy atom. The van der Waals surface area contributed by atoms with E-state index in [1.165, 1.54) is 4.90 Å². The Kier molecular flexibility index (Phi) is 8.33. The zero-order valence-corrected chi connectivity index (χ0v) is 20.1. The van der Waals surface area contributed by atoms with Crippen molar-refractivity contribution in [3.05, 3.63) is 126 Å². The maximum absolute atomic E-state index is 13.2. The van der Waals surface area contributed by atoms with E-state index in [-0.39, 0.29) is 11.8 Å². The fraction of sp³-hybridized carbons (Fsp3) is 0.133. The first-order valence-corrected chi connectivity index (χ1v) is 11.7. The van der Waals surface area contributed by atoms with Crippen molar-refractivity contribution >= 4 is 17.5 Å². The van der Waals surface area contributed by atoms with Gasteiger partial charge < -0.3 is 19.7 Å². The maximum Gasteiger partial charge on any atom is 0.258 e. The number of nitrogens with one attached hydrogen (secondary N) is 1. The van der Waals surface area contributed by atoms with E-state index in [0.717, 1.165) is 11.3 Å². The van der Waals surface area contributed by atoms with Crippen molar-refractivity contribution in [2.24, 2.45) is 0 Å². The van der Waals surface area contributed by atoms with Gasteiger partial charge in [0.25, 0.3) is 11.8 Å². The first-order valence-electron chi connectivity index (χ1n) is 11.7. The van der Waals surface area contributed by atoms with Gasteiger partial charge in [-0.05, 0) is 54.1 Å². The standard InChI is InChI=1S/C30H28N2O4/c1-32(28-15-9-8-14-27(28)29(33)31-22-23-10-4-2-5-11-23)30(34)24-16-18-26(19-17-24)36-21-20-35-25-12-6-3-7-13-25/h2-19H,20-22H2,1H3,(H,31,33). The highest BCUT2D eigenvalue weighted by atomic mass is 16.5. The third-order valence-electron chi connectivity index (χ3n) is 5.58. The quantitative estimate of drug-likeness (QED) is 0.311.